The average Bonchev–Trinajstić information content (AvgIpc) is 3.47. The van der Waals surface area contributed by atoms with E-state index in [1.807, 2.05) is 79.8 Å². The lowest BCUT2D eigenvalue weighted by Gasteiger charge is -2.43. The van der Waals surface area contributed by atoms with Crippen LogP contribution in [0.4, 0.5) is 0 Å². The van der Waals surface area contributed by atoms with Crippen molar-refractivity contribution in [2.45, 2.75) is 70.3 Å². The molecule has 2 atom stereocenters. The summed E-state index contributed by atoms with van der Waals surface area (Å²) < 4.78 is 23.1. The number of fused-ring (bicyclic) bond motifs is 1. The molecule has 9 heteroatoms. The molecule has 0 fully saturated rings. The van der Waals surface area contributed by atoms with Crippen molar-refractivity contribution in [3.05, 3.63) is 132 Å². The highest BCUT2D eigenvalue weighted by molar-refractivity contribution is 7.90. The molecule has 0 bridgehead atoms. The molecule has 0 amide bonds. The zero-order valence-corrected chi connectivity index (χ0v) is 31.4. The molecule has 50 heavy (non-hydrogen) atoms. The van der Waals surface area contributed by atoms with Gasteiger partial charge in [-0.2, -0.15) is 0 Å². The molecule has 0 saturated carbocycles. The second-order valence-corrected chi connectivity index (χ2v) is 21.3. The van der Waals surface area contributed by atoms with Gasteiger partial charge in [0.15, 0.2) is 0 Å². The summed E-state index contributed by atoms with van der Waals surface area (Å²) in [6, 6.07) is 34.3. The first-order valence-corrected chi connectivity index (χ1v) is 20.0. The lowest BCUT2D eigenvalue weighted by molar-refractivity contribution is 0.0690. The Morgan fingerprint density at radius 1 is 0.880 bits per heavy atom. The first-order chi connectivity index (χ1) is 23.8. The van der Waals surface area contributed by atoms with E-state index in [1.54, 1.807) is 12.3 Å². The molecule has 0 saturated heterocycles. The highest BCUT2D eigenvalue weighted by atomic mass is 32.2. The van der Waals surface area contributed by atoms with Crippen LogP contribution in [0.2, 0.25) is 5.04 Å². The van der Waals surface area contributed by atoms with Crippen LogP contribution in [-0.4, -0.2) is 49.6 Å². The smallest absolute Gasteiger partial charge is 0.354 e. The fourth-order valence-electron chi connectivity index (χ4n) is 7.14. The van der Waals surface area contributed by atoms with Crippen LogP contribution in [0, 0.1) is 0 Å². The number of nitrogens with zero attached hydrogens (tertiary/aromatic N) is 3. The molecule has 1 aliphatic rings. The van der Waals surface area contributed by atoms with Crippen LogP contribution in [-0.2, 0) is 22.3 Å². The van der Waals surface area contributed by atoms with Gasteiger partial charge in [-0.3, -0.25) is 4.98 Å². The summed E-state index contributed by atoms with van der Waals surface area (Å²) in [6.45, 7) is 13.5. The van der Waals surface area contributed by atoms with E-state index in [1.165, 1.54) is 10.4 Å². The van der Waals surface area contributed by atoms with Crippen LogP contribution < -0.4 is 10.4 Å². The van der Waals surface area contributed by atoms with Crippen molar-refractivity contribution in [3.8, 4) is 22.4 Å². The van der Waals surface area contributed by atoms with Crippen molar-refractivity contribution in [3.63, 3.8) is 0 Å². The maximum absolute atomic E-state index is 14.3. The Morgan fingerprint density at radius 2 is 1.50 bits per heavy atom. The summed E-state index contributed by atoms with van der Waals surface area (Å²) in [4.78, 5) is 21.5. The summed E-state index contributed by atoms with van der Waals surface area (Å²) in [7, 11) is -2.84. The summed E-state index contributed by atoms with van der Waals surface area (Å²) in [5.74, 6) is -1.10. The first-order valence-electron chi connectivity index (χ1n) is 17.0. The number of aromatic nitrogens is 2. The number of rotatable bonds is 10. The van der Waals surface area contributed by atoms with Crippen molar-refractivity contribution < 1.29 is 18.9 Å². The van der Waals surface area contributed by atoms with Gasteiger partial charge in [-0.1, -0.05) is 106 Å². The van der Waals surface area contributed by atoms with Gasteiger partial charge in [-0.05, 0) is 71.9 Å². The molecule has 3 aromatic carbocycles. The molecule has 2 aromatic heterocycles. The molecule has 0 radical (unpaired) electrons. The van der Waals surface area contributed by atoms with Gasteiger partial charge in [-0.15, -0.1) is 4.31 Å². The Morgan fingerprint density at radius 3 is 2.06 bits per heavy atom. The Labute approximate surface area is 299 Å². The molecule has 1 N–H and O–H groups in total. The van der Waals surface area contributed by atoms with Crippen molar-refractivity contribution in [1.29, 1.82) is 0 Å². The number of carbonyl (C=O) groups is 1. The summed E-state index contributed by atoms with van der Waals surface area (Å²) in [6.07, 6.45) is 4.09. The standard InChI is InChI=1S/C41H45N3O4SSi/c1-40(2,3)49(47)44-28-32-26-35(39(45)46)43-38(30-16-13-15-29(25-30)31-17-14-23-42-27-31)37(32)36(44)22-24-48-50(41(4,5)6,33-18-9-7-10-19-33)34-20-11-8-12-21-34/h7-21,23,25-27,36H,22,24,28H2,1-6H3,(H,45,46)/t36?,49-/m1/s1. The van der Waals surface area contributed by atoms with E-state index in [-0.39, 0.29) is 16.8 Å². The lowest BCUT2D eigenvalue weighted by Crippen LogP contribution is -2.66. The van der Waals surface area contributed by atoms with Gasteiger partial charge < -0.3 is 14.1 Å². The van der Waals surface area contributed by atoms with E-state index in [4.69, 9.17) is 9.41 Å². The zero-order valence-electron chi connectivity index (χ0n) is 29.6. The molecule has 3 heterocycles. The van der Waals surface area contributed by atoms with Crippen molar-refractivity contribution in [2.24, 2.45) is 0 Å². The van der Waals surface area contributed by atoms with E-state index < -0.39 is 30.4 Å². The Hall–Kier alpha value is -4.12. The largest absolute Gasteiger partial charge is 0.597 e. The number of aromatic carboxylic acids is 1. The minimum atomic E-state index is -2.84. The Balaban J connectivity index is 1.46. The molecule has 1 aliphatic heterocycles. The number of carboxylic acids is 1. The maximum Gasteiger partial charge on any atom is 0.354 e. The van der Waals surface area contributed by atoms with E-state index in [0.29, 0.717) is 25.3 Å². The first kappa shape index (κ1) is 35.7. The normalized spacial score (nSPS) is 15.9. The quantitative estimate of drug-likeness (QED) is 0.117. The molecule has 0 aliphatic carbocycles. The van der Waals surface area contributed by atoms with Gasteiger partial charge in [0.05, 0.1) is 18.3 Å². The lowest BCUT2D eigenvalue weighted by atomic mass is 9.94. The number of carboxylic acid groups (broad SMARTS) is 1. The van der Waals surface area contributed by atoms with Crippen LogP contribution in [0.1, 0.15) is 75.6 Å². The molecule has 1 unspecified atom stereocenters. The van der Waals surface area contributed by atoms with E-state index in [2.05, 4.69) is 74.3 Å². The molecular formula is C41H45N3O4SSi. The average molecular weight is 704 g/mol. The predicted molar refractivity (Wildman–Crippen MR) is 204 cm³/mol. The highest BCUT2D eigenvalue weighted by Crippen LogP contribution is 2.46. The van der Waals surface area contributed by atoms with Crippen LogP contribution in [0.5, 0.6) is 0 Å². The second kappa shape index (κ2) is 14.2. The van der Waals surface area contributed by atoms with E-state index >= 15 is 0 Å². The molecule has 6 rings (SSSR count). The predicted octanol–water partition coefficient (Wildman–Crippen LogP) is 7.79. The van der Waals surface area contributed by atoms with Gasteiger partial charge in [-0.25, -0.2) is 9.78 Å². The Kier molecular flexibility index (Phi) is 10.2. The van der Waals surface area contributed by atoms with Gasteiger partial charge >= 0.3 is 5.97 Å². The van der Waals surface area contributed by atoms with Crippen molar-refractivity contribution in [2.75, 3.05) is 6.61 Å². The topological polar surface area (TPSA) is 98.6 Å². The SMILES string of the molecule is CC(C)(C)[S@@+]([O-])N1Cc2cc(C(=O)O)nc(-c3cccc(-c4cccnc4)c3)c2C1CCO[Si](c1ccccc1)(c1ccccc1)C(C)(C)C. The van der Waals surface area contributed by atoms with Crippen molar-refractivity contribution in [1.82, 2.24) is 14.3 Å². The number of hydrogen-bond donors (Lipinski definition) is 1. The van der Waals surface area contributed by atoms with Crippen LogP contribution in [0.15, 0.2) is 116 Å². The number of benzene rings is 3. The highest BCUT2D eigenvalue weighted by Gasteiger charge is 2.51. The molecule has 0 spiro atoms. The molecule has 5 aromatic rings. The molecule has 7 nitrogen and oxygen atoms in total. The Bertz CT molecular complexity index is 1910. The minimum Gasteiger partial charge on any atom is -0.597 e. The van der Waals surface area contributed by atoms with Gasteiger partial charge in [0, 0.05) is 47.1 Å². The van der Waals surface area contributed by atoms with E-state index in [9.17, 15) is 14.5 Å². The van der Waals surface area contributed by atoms with Gasteiger partial charge in [0.25, 0.3) is 8.32 Å². The molecule has 258 valence electrons. The number of hydrogen-bond acceptors (Lipinski definition) is 6. The fourth-order valence-corrected chi connectivity index (χ4v) is 13.1. The van der Waals surface area contributed by atoms with Crippen LogP contribution in [0.3, 0.4) is 0 Å². The third kappa shape index (κ3) is 6.93. The molecular weight excluding hydrogens is 659 g/mol. The monoisotopic (exact) mass is 703 g/mol. The van der Waals surface area contributed by atoms with Gasteiger partial charge in [0.1, 0.15) is 10.4 Å². The number of pyridine rings is 2. The maximum atomic E-state index is 14.3. The van der Waals surface area contributed by atoms with Gasteiger partial charge in [0.2, 0.25) is 0 Å². The van der Waals surface area contributed by atoms with Crippen molar-refractivity contribution >= 4 is 36.0 Å². The van der Waals surface area contributed by atoms with Crippen LogP contribution >= 0.6 is 0 Å². The third-order valence-electron chi connectivity index (χ3n) is 9.36. The third-order valence-corrected chi connectivity index (χ3v) is 16.3. The van der Waals surface area contributed by atoms with E-state index in [0.717, 1.165) is 27.8 Å². The van der Waals surface area contributed by atoms with Crippen LogP contribution in [0.25, 0.3) is 22.4 Å². The zero-order chi connectivity index (χ0) is 35.7. The summed E-state index contributed by atoms with van der Waals surface area (Å²) in [5.41, 5.74) is 4.99. The second-order valence-electron chi connectivity index (χ2n) is 14.8. The minimum absolute atomic E-state index is 0.0313. The summed E-state index contributed by atoms with van der Waals surface area (Å²) in [5, 5.41) is 12.3. The summed E-state index contributed by atoms with van der Waals surface area (Å²) >= 11 is -1.39. The fraction of sp³-hybridized carbons (Fsp3) is 0.293.